The summed E-state index contributed by atoms with van der Waals surface area (Å²) in [6, 6.07) is 0. The zero-order chi connectivity index (χ0) is 7.84. The highest BCUT2D eigenvalue weighted by molar-refractivity contribution is 7.09. The van der Waals surface area contributed by atoms with E-state index in [0.717, 1.165) is 29.8 Å². The molecular formula is C7H9NO2S. The van der Waals surface area contributed by atoms with Gasteiger partial charge in [0.15, 0.2) is 0 Å². The molecule has 4 heteroatoms. The molecule has 0 aromatic carbocycles. The SMILES string of the molecule is O=c1[nH]c2c(s1)CCCC2O. The summed E-state index contributed by atoms with van der Waals surface area (Å²) in [6.45, 7) is 0. The molecule has 0 amide bonds. The van der Waals surface area contributed by atoms with E-state index in [2.05, 4.69) is 4.98 Å². The van der Waals surface area contributed by atoms with Gasteiger partial charge in [0, 0.05) is 4.88 Å². The molecule has 2 rings (SSSR count). The van der Waals surface area contributed by atoms with Crippen molar-refractivity contribution in [1.29, 1.82) is 0 Å². The van der Waals surface area contributed by atoms with Crippen LogP contribution in [0.5, 0.6) is 0 Å². The summed E-state index contributed by atoms with van der Waals surface area (Å²) in [7, 11) is 0. The molecule has 60 valence electrons. The molecule has 0 saturated heterocycles. The third-order valence-electron chi connectivity index (χ3n) is 1.97. The van der Waals surface area contributed by atoms with Crippen LogP contribution in [0.25, 0.3) is 0 Å². The standard InChI is InChI=1S/C7H9NO2S/c9-4-2-1-3-5-6(4)8-7(10)11-5/h4,9H,1-3H2,(H,8,10). The van der Waals surface area contributed by atoms with Crippen molar-refractivity contribution >= 4 is 11.3 Å². The molecule has 0 spiro atoms. The van der Waals surface area contributed by atoms with Crippen LogP contribution in [0.3, 0.4) is 0 Å². The van der Waals surface area contributed by atoms with E-state index in [9.17, 15) is 9.90 Å². The Bertz CT molecular complexity index is 314. The number of H-pyrrole nitrogens is 1. The van der Waals surface area contributed by atoms with Crippen LogP contribution in [0.15, 0.2) is 4.79 Å². The Morgan fingerprint density at radius 1 is 1.64 bits per heavy atom. The molecule has 1 heterocycles. The molecule has 2 N–H and O–H groups in total. The van der Waals surface area contributed by atoms with Crippen LogP contribution >= 0.6 is 11.3 Å². The fraction of sp³-hybridized carbons (Fsp3) is 0.571. The number of aliphatic hydroxyl groups excluding tert-OH is 1. The summed E-state index contributed by atoms with van der Waals surface area (Å²) < 4.78 is 0. The third kappa shape index (κ3) is 1.12. The molecule has 1 aliphatic rings. The van der Waals surface area contributed by atoms with Gasteiger partial charge in [-0.2, -0.15) is 0 Å². The van der Waals surface area contributed by atoms with Gasteiger partial charge in [0.25, 0.3) is 0 Å². The fourth-order valence-corrected chi connectivity index (χ4v) is 2.36. The normalized spacial score (nSPS) is 23.2. The minimum atomic E-state index is -0.433. The zero-order valence-corrected chi connectivity index (χ0v) is 6.78. The molecular weight excluding hydrogens is 162 g/mol. The number of aliphatic hydroxyl groups is 1. The summed E-state index contributed by atoms with van der Waals surface area (Å²) in [4.78, 5) is 14.5. The Kier molecular flexibility index (Phi) is 1.58. The Labute approximate surface area is 67.7 Å². The fourth-order valence-electron chi connectivity index (χ4n) is 1.43. The number of aromatic amines is 1. The molecule has 1 aromatic rings. The van der Waals surface area contributed by atoms with Gasteiger partial charge < -0.3 is 10.1 Å². The second-order valence-electron chi connectivity index (χ2n) is 2.76. The molecule has 0 bridgehead atoms. The van der Waals surface area contributed by atoms with Crippen LogP contribution in [-0.4, -0.2) is 10.1 Å². The number of hydrogen-bond donors (Lipinski definition) is 2. The molecule has 0 aliphatic heterocycles. The first-order valence-corrected chi connectivity index (χ1v) is 4.49. The van der Waals surface area contributed by atoms with Gasteiger partial charge >= 0.3 is 4.87 Å². The number of thiazole rings is 1. The smallest absolute Gasteiger partial charge is 0.305 e. The van der Waals surface area contributed by atoms with E-state index in [1.165, 1.54) is 11.3 Å². The van der Waals surface area contributed by atoms with Crippen molar-refractivity contribution in [2.45, 2.75) is 25.4 Å². The largest absolute Gasteiger partial charge is 0.387 e. The molecule has 1 aliphatic carbocycles. The lowest BCUT2D eigenvalue weighted by molar-refractivity contribution is 0.153. The van der Waals surface area contributed by atoms with Crippen molar-refractivity contribution in [3.05, 3.63) is 20.2 Å². The predicted octanol–water partition coefficient (Wildman–Crippen LogP) is 0.806. The first-order chi connectivity index (χ1) is 5.27. The molecule has 11 heavy (non-hydrogen) atoms. The van der Waals surface area contributed by atoms with Crippen LogP contribution in [-0.2, 0) is 6.42 Å². The minimum Gasteiger partial charge on any atom is -0.387 e. The van der Waals surface area contributed by atoms with Crippen molar-refractivity contribution in [2.75, 3.05) is 0 Å². The van der Waals surface area contributed by atoms with Gasteiger partial charge in [-0.15, -0.1) is 0 Å². The number of hydrogen-bond acceptors (Lipinski definition) is 3. The number of rotatable bonds is 0. The minimum absolute atomic E-state index is 0.0454. The zero-order valence-electron chi connectivity index (χ0n) is 5.96. The lowest BCUT2D eigenvalue weighted by atomic mass is 10.0. The van der Waals surface area contributed by atoms with Crippen LogP contribution in [0, 0.1) is 0 Å². The van der Waals surface area contributed by atoms with E-state index in [0.29, 0.717) is 0 Å². The molecule has 3 nitrogen and oxygen atoms in total. The topological polar surface area (TPSA) is 53.1 Å². The van der Waals surface area contributed by atoms with Gasteiger partial charge in [-0.25, -0.2) is 0 Å². The van der Waals surface area contributed by atoms with Crippen LogP contribution in [0.4, 0.5) is 0 Å². The van der Waals surface area contributed by atoms with Crippen molar-refractivity contribution in [2.24, 2.45) is 0 Å². The Hall–Kier alpha value is -0.610. The Morgan fingerprint density at radius 3 is 3.18 bits per heavy atom. The van der Waals surface area contributed by atoms with Gasteiger partial charge in [0.1, 0.15) is 0 Å². The van der Waals surface area contributed by atoms with Crippen molar-refractivity contribution in [1.82, 2.24) is 4.98 Å². The highest BCUT2D eigenvalue weighted by Gasteiger charge is 2.20. The lowest BCUT2D eigenvalue weighted by Crippen LogP contribution is -2.08. The number of nitrogens with one attached hydrogen (secondary N) is 1. The highest BCUT2D eigenvalue weighted by atomic mass is 32.1. The first kappa shape index (κ1) is 7.06. The summed E-state index contributed by atoms with van der Waals surface area (Å²) in [5.74, 6) is 0. The third-order valence-corrected chi connectivity index (χ3v) is 2.93. The summed E-state index contributed by atoms with van der Waals surface area (Å²) in [5, 5.41) is 9.41. The van der Waals surface area contributed by atoms with Gasteiger partial charge in [0.2, 0.25) is 0 Å². The average molecular weight is 171 g/mol. The maximum absolute atomic E-state index is 10.9. The number of aryl methyl sites for hydroxylation is 1. The molecule has 1 unspecified atom stereocenters. The maximum Gasteiger partial charge on any atom is 0.305 e. The van der Waals surface area contributed by atoms with Gasteiger partial charge in [-0.3, -0.25) is 4.79 Å². The van der Waals surface area contributed by atoms with E-state index < -0.39 is 6.10 Å². The van der Waals surface area contributed by atoms with Crippen LogP contribution < -0.4 is 4.87 Å². The van der Waals surface area contributed by atoms with E-state index in [1.807, 2.05) is 0 Å². The van der Waals surface area contributed by atoms with Gasteiger partial charge in [0.05, 0.1) is 11.8 Å². The Balaban J connectivity index is 2.52. The number of fused-ring (bicyclic) bond motifs is 1. The van der Waals surface area contributed by atoms with Crippen molar-refractivity contribution in [3.8, 4) is 0 Å². The predicted molar refractivity (Wildman–Crippen MR) is 42.8 cm³/mol. The van der Waals surface area contributed by atoms with E-state index in [1.54, 1.807) is 0 Å². The number of aromatic nitrogens is 1. The monoisotopic (exact) mass is 171 g/mol. The molecule has 0 saturated carbocycles. The molecule has 0 fully saturated rings. The molecule has 1 aromatic heterocycles. The van der Waals surface area contributed by atoms with Crippen LogP contribution in [0.2, 0.25) is 0 Å². The molecule has 0 radical (unpaired) electrons. The van der Waals surface area contributed by atoms with E-state index >= 15 is 0 Å². The summed E-state index contributed by atoms with van der Waals surface area (Å²) >= 11 is 1.22. The summed E-state index contributed by atoms with van der Waals surface area (Å²) in [6.07, 6.45) is 2.27. The van der Waals surface area contributed by atoms with Gasteiger partial charge in [-0.05, 0) is 19.3 Å². The molecule has 1 atom stereocenters. The van der Waals surface area contributed by atoms with Crippen LogP contribution in [0.1, 0.15) is 29.5 Å². The summed E-state index contributed by atoms with van der Waals surface area (Å²) in [5.41, 5.74) is 0.756. The van der Waals surface area contributed by atoms with Gasteiger partial charge in [-0.1, -0.05) is 11.3 Å². The Morgan fingerprint density at radius 2 is 2.45 bits per heavy atom. The second kappa shape index (κ2) is 2.46. The maximum atomic E-state index is 10.9. The average Bonchev–Trinajstić information content (AvgIpc) is 2.31. The lowest BCUT2D eigenvalue weighted by Gasteiger charge is -2.15. The van der Waals surface area contributed by atoms with E-state index in [4.69, 9.17) is 0 Å². The van der Waals surface area contributed by atoms with Crippen molar-refractivity contribution < 1.29 is 5.11 Å². The second-order valence-corrected chi connectivity index (χ2v) is 3.83. The highest BCUT2D eigenvalue weighted by Crippen LogP contribution is 2.28. The van der Waals surface area contributed by atoms with E-state index in [-0.39, 0.29) is 4.87 Å². The first-order valence-electron chi connectivity index (χ1n) is 3.67. The quantitative estimate of drug-likeness (QED) is 0.606. The van der Waals surface area contributed by atoms with Crippen molar-refractivity contribution in [3.63, 3.8) is 0 Å².